The van der Waals surface area contributed by atoms with Crippen molar-refractivity contribution in [2.45, 2.75) is 37.1 Å². The first-order chi connectivity index (χ1) is 12.6. The number of para-hydroxylation sites is 1. The average Bonchev–Trinajstić information content (AvgIpc) is 2.68. The number of aromatic nitrogens is 1. The lowest BCUT2D eigenvalue weighted by molar-refractivity contribution is -0.150. The highest BCUT2D eigenvalue weighted by Gasteiger charge is 2.46. The lowest BCUT2D eigenvalue weighted by atomic mass is 9.72. The third kappa shape index (κ3) is 3.54. The van der Waals surface area contributed by atoms with Crippen molar-refractivity contribution < 1.29 is 19.4 Å². The molecule has 1 aliphatic carbocycles. The minimum absolute atomic E-state index is 0.0481. The summed E-state index contributed by atoms with van der Waals surface area (Å²) in [4.78, 5) is 29.3. The summed E-state index contributed by atoms with van der Waals surface area (Å²) in [6.07, 6.45) is 3.95. The van der Waals surface area contributed by atoms with Gasteiger partial charge in [0.1, 0.15) is 17.0 Å². The highest BCUT2D eigenvalue weighted by atomic mass is 16.5. The molecule has 2 atom stereocenters. The number of nitrogens with zero attached hydrogens (tertiary/aromatic N) is 1. The van der Waals surface area contributed by atoms with Crippen LogP contribution in [0.3, 0.4) is 0 Å². The topological polar surface area (TPSA) is 88.5 Å². The van der Waals surface area contributed by atoms with Gasteiger partial charge in [-0.05, 0) is 55.4 Å². The number of benzene rings is 1. The third-order valence-corrected chi connectivity index (χ3v) is 4.95. The second-order valence-electron chi connectivity index (χ2n) is 6.59. The van der Waals surface area contributed by atoms with Crippen LogP contribution in [0, 0.1) is 0 Å². The number of phenols is 1. The maximum Gasteiger partial charge on any atom is 0.331 e. The number of esters is 1. The number of phenolic OH excluding ortho intramolecular Hbond substituents is 1. The Morgan fingerprint density at radius 3 is 2.69 bits per heavy atom. The molecule has 1 saturated carbocycles. The van der Waals surface area contributed by atoms with Gasteiger partial charge in [0, 0.05) is 6.20 Å². The minimum Gasteiger partial charge on any atom is -0.508 e. The van der Waals surface area contributed by atoms with Gasteiger partial charge >= 0.3 is 5.97 Å². The van der Waals surface area contributed by atoms with E-state index < -0.39 is 17.4 Å². The van der Waals surface area contributed by atoms with Crippen LogP contribution in [0.25, 0.3) is 0 Å². The number of ether oxygens (including phenoxy) is 1. The normalized spacial score (nSPS) is 22.4. The van der Waals surface area contributed by atoms with Gasteiger partial charge in [-0.15, -0.1) is 0 Å². The summed E-state index contributed by atoms with van der Waals surface area (Å²) >= 11 is 0. The Kier molecular flexibility index (Phi) is 5.21. The average molecular weight is 354 g/mol. The van der Waals surface area contributed by atoms with Crippen LogP contribution in [0.2, 0.25) is 0 Å². The van der Waals surface area contributed by atoms with Gasteiger partial charge in [-0.25, -0.2) is 4.79 Å². The van der Waals surface area contributed by atoms with Crippen molar-refractivity contribution in [3.8, 4) is 5.75 Å². The molecule has 1 aromatic carbocycles. The summed E-state index contributed by atoms with van der Waals surface area (Å²) in [6.45, 7) is 0. The van der Waals surface area contributed by atoms with E-state index in [2.05, 4.69) is 10.3 Å². The van der Waals surface area contributed by atoms with Crippen LogP contribution in [0.15, 0.2) is 48.7 Å². The number of amides is 1. The molecule has 1 heterocycles. The number of aromatic hydroxyl groups is 1. The van der Waals surface area contributed by atoms with Crippen LogP contribution in [0.5, 0.6) is 5.75 Å². The summed E-state index contributed by atoms with van der Waals surface area (Å²) in [5, 5.41) is 13.0. The summed E-state index contributed by atoms with van der Waals surface area (Å²) in [7, 11) is 1.32. The highest BCUT2D eigenvalue weighted by Crippen LogP contribution is 2.42. The van der Waals surface area contributed by atoms with Crippen molar-refractivity contribution >= 4 is 11.9 Å². The van der Waals surface area contributed by atoms with Crippen LogP contribution >= 0.6 is 0 Å². The number of carbonyl (C=O) groups excluding carboxylic acids is 2. The molecule has 1 fully saturated rings. The SMILES string of the molecule is COC(=O)C1(NC(=O)c2ccccn2)CCCC(c2ccccc2O)C1. The Labute approximate surface area is 152 Å². The van der Waals surface area contributed by atoms with Crippen molar-refractivity contribution in [2.24, 2.45) is 0 Å². The Bertz CT molecular complexity index is 793. The van der Waals surface area contributed by atoms with Gasteiger partial charge in [0.05, 0.1) is 7.11 Å². The summed E-state index contributed by atoms with van der Waals surface area (Å²) in [5.41, 5.74) is -0.0952. The van der Waals surface area contributed by atoms with Crippen molar-refractivity contribution in [1.82, 2.24) is 10.3 Å². The van der Waals surface area contributed by atoms with Gasteiger partial charge < -0.3 is 15.2 Å². The highest BCUT2D eigenvalue weighted by molar-refractivity contribution is 5.96. The molecule has 2 aromatic rings. The molecule has 3 rings (SSSR count). The fourth-order valence-corrected chi connectivity index (χ4v) is 3.70. The summed E-state index contributed by atoms with van der Waals surface area (Å²) in [5.74, 6) is -0.724. The number of hydrogen-bond acceptors (Lipinski definition) is 5. The van der Waals surface area contributed by atoms with E-state index in [4.69, 9.17) is 4.74 Å². The van der Waals surface area contributed by atoms with E-state index >= 15 is 0 Å². The first kappa shape index (κ1) is 17.9. The lowest BCUT2D eigenvalue weighted by Gasteiger charge is -2.39. The molecule has 0 aliphatic heterocycles. The number of rotatable bonds is 4. The minimum atomic E-state index is -1.13. The molecule has 6 nitrogen and oxygen atoms in total. The van der Waals surface area contributed by atoms with Gasteiger partial charge in [-0.3, -0.25) is 9.78 Å². The smallest absolute Gasteiger partial charge is 0.331 e. The molecule has 2 N–H and O–H groups in total. The van der Waals surface area contributed by atoms with Crippen LogP contribution in [0.1, 0.15) is 47.7 Å². The number of hydrogen-bond donors (Lipinski definition) is 2. The molecule has 1 aliphatic rings. The van der Waals surface area contributed by atoms with Gasteiger partial charge in [0.2, 0.25) is 0 Å². The summed E-state index contributed by atoms with van der Waals surface area (Å²) < 4.78 is 5.01. The number of carbonyl (C=O) groups is 2. The molecule has 0 spiro atoms. The molecule has 26 heavy (non-hydrogen) atoms. The maximum atomic E-state index is 12.6. The predicted molar refractivity (Wildman–Crippen MR) is 95.8 cm³/mol. The van der Waals surface area contributed by atoms with Gasteiger partial charge in [-0.2, -0.15) is 0 Å². The van der Waals surface area contributed by atoms with E-state index in [-0.39, 0.29) is 17.4 Å². The van der Waals surface area contributed by atoms with E-state index in [0.29, 0.717) is 12.8 Å². The van der Waals surface area contributed by atoms with Gasteiger partial charge in [0.25, 0.3) is 5.91 Å². The maximum absolute atomic E-state index is 12.6. The molecule has 136 valence electrons. The molecule has 0 bridgehead atoms. The van der Waals surface area contributed by atoms with Crippen LogP contribution in [-0.2, 0) is 9.53 Å². The van der Waals surface area contributed by atoms with Crippen LogP contribution in [-0.4, -0.2) is 34.6 Å². The van der Waals surface area contributed by atoms with Gasteiger partial charge in [-0.1, -0.05) is 24.3 Å². The summed E-state index contributed by atoms with van der Waals surface area (Å²) in [6, 6.07) is 12.2. The van der Waals surface area contributed by atoms with E-state index in [1.54, 1.807) is 30.3 Å². The molecule has 2 unspecified atom stereocenters. The Balaban J connectivity index is 1.89. The predicted octanol–water partition coefficient (Wildman–Crippen LogP) is 2.79. The Morgan fingerprint density at radius 2 is 2.00 bits per heavy atom. The standard InChI is InChI=1S/C20H22N2O4/c1-26-19(25)20(22-18(24)16-9-4-5-12-21-16)11-6-7-14(13-20)15-8-2-3-10-17(15)23/h2-5,8-10,12,14,23H,6-7,11,13H2,1H3,(H,22,24). The van der Waals surface area contributed by atoms with E-state index in [1.807, 2.05) is 12.1 Å². The second-order valence-corrected chi connectivity index (χ2v) is 6.59. The zero-order valence-electron chi connectivity index (χ0n) is 14.6. The monoisotopic (exact) mass is 354 g/mol. The molecule has 0 saturated heterocycles. The first-order valence-corrected chi connectivity index (χ1v) is 8.65. The van der Waals surface area contributed by atoms with Crippen LogP contribution in [0.4, 0.5) is 0 Å². The fourth-order valence-electron chi connectivity index (χ4n) is 3.70. The molecule has 6 heteroatoms. The van der Waals surface area contributed by atoms with Crippen molar-refractivity contribution in [3.63, 3.8) is 0 Å². The first-order valence-electron chi connectivity index (χ1n) is 8.65. The van der Waals surface area contributed by atoms with Crippen molar-refractivity contribution in [2.75, 3.05) is 7.11 Å². The van der Waals surface area contributed by atoms with E-state index in [0.717, 1.165) is 18.4 Å². The molecule has 1 amide bonds. The van der Waals surface area contributed by atoms with Gasteiger partial charge in [0.15, 0.2) is 0 Å². The number of methoxy groups -OCH3 is 1. The van der Waals surface area contributed by atoms with E-state index in [1.165, 1.54) is 13.3 Å². The molecule has 1 aromatic heterocycles. The van der Waals surface area contributed by atoms with Crippen molar-refractivity contribution in [1.29, 1.82) is 0 Å². The molecular formula is C20H22N2O4. The molecule has 0 radical (unpaired) electrons. The zero-order chi connectivity index (χ0) is 18.6. The molecular weight excluding hydrogens is 332 g/mol. The number of pyridine rings is 1. The fraction of sp³-hybridized carbons (Fsp3) is 0.350. The quantitative estimate of drug-likeness (QED) is 0.824. The van der Waals surface area contributed by atoms with Crippen LogP contribution < -0.4 is 5.32 Å². The zero-order valence-corrected chi connectivity index (χ0v) is 14.6. The van der Waals surface area contributed by atoms with E-state index in [9.17, 15) is 14.7 Å². The second kappa shape index (κ2) is 7.56. The number of nitrogens with one attached hydrogen (secondary N) is 1. The Morgan fingerprint density at radius 1 is 1.23 bits per heavy atom. The lowest BCUT2D eigenvalue weighted by Crippen LogP contribution is -2.57. The van der Waals surface area contributed by atoms with Crippen molar-refractivity contribution in [3.05, 3.63) is 59.9 Å². The Hall–Kier alpha value is -2.89. The largest absolute Gasteiger partial charge is 0.508 e. The third-order valence-electron chi connectivity index (χ3n) is 4.95.